The van der Waals surface area contributed by atoms with E-state index in [4.69, 9.17) is 0 Å². The second-order valence-corrected chi connectivity index (χ2v) is 5.15. The molecule has 1 unspecified atom stereocenters. The van der Waals surface area contributed by atoms with Crippen molar-refractivity contribution in [2.24, 2.45) is 4.99 Å². The van der Waals surface area contributed by atoms with Gasteiger partial charge in [0.2, 0.25) is 0 Å². The zero-order valence-corrected chi connectivity index (χ0v) is 7.62. The lowest BCUT2D eigenvalue weighted by Crippen LogP contribution is -2.18. The van der Waals surface area contributed by atoms with Crippen LogP contribution in [0, 0.1) is 0 Å². The summed E-state index contributed by atoms with van der Waals surface area (Å²) in [5.41, 5.74) is 0. The SMILES string of the molecule is O=S1(=O)CCCC1CN=C=S. The van der Waals surface area contributed by atoms with Gasteiger partial charge in [-0.05, 0) is 25.1 Å². The van der Waals surface area contributed by atoms with Crippen LogP contribution < -0.4 is 0 Å². The van der Waals surface area contributed by atoms with Gasteiger partial charge in [0, 0.05) is 0 Å². The lowest BCUT2D eigenvalue weighted by Gasteiger charge is -2.02. The predicted molar refractivity (Wildman–Crippen MR) is 46.7 cm³/mol. The highest BCUT2D eigenvalue weighted by Gasteiger charge is 2.30. The van der Waals surface area contributed by atoms with Crippen LogP contribution in [0.4, 0.5) is 0 Å². The van der Waals surface area contributed by atoms with Gasteiger partial charge in [-0.25, -0.2) is 13.4 Å². The Kier molecular flexibility index (Phi) is 2.76. The van der Waals surface area contributed by atoms with Crippen LogP contribution in [0.25, 0.3) is 0 Å². The summed E-state index contributed by atoms with van der Waals surface area (Å²) in [7, 11) is -2.84. The lowest BCUT2D eigenvalue weighted by atomic mass is 10.2. The van der Waals surface area contributed by atoms with Gasteiger partial charge in [-0.15, -0.1) is 0 Å². The largest absolute Gasteiger partial charge is 0.231 e. The molecule has 0 saturated carbocycles. The molecule has 5 heteroatoms. The second kappa shape index (κ2) is 3.43. The fourth-order valence-electron chi connectivity index (χ4n) is 1.20. The number of aliphatic imine (C=N–C) groups is 1. The van der Waals surface area contributed by atoms with Crippen LogP contribution in [0.5, 0.6) is 0 Å². The monoisotopic (exact) mass is 191 g/mol. The molecule has 0 aromatic heterocycles. The fourth-order valence-corrected chi connectivity index (χ4v) is 3.01. The summed E-state index contributed by atoms with van der Waals surface area (Å²) in [4.78, 5) is 3.64. The first kappa shape index (κ1) is 8.84. The maximum Gasteiger partial charge on any atom is 0.155 e. The first-order chi connectivity index (χ1) is 5.17. The minimum Gasteiger partial charge on any atom is -0.231 e. The number of nitrogens with zero attached hydrogens (tertiary/aromatic N) is 1. The van der Waals surface area contributed by atoms with Crippen molar-refractivity contribution in [1.29, 1.82) is 0 Å². The Morgan fingerprint density at radius 2 is 2.36 bits per heavy atom. The number of rotatable bonds is 2. The Morgan fingerprint density at radius 3 is 2.82 bits per heavy atom. The summed E-state index contributed by atoms with van der Waals surface area (Å²) in [5.74, 6) is 0.310. The molecule has 1 heterocycles. The van der Waals surface area contributed by atoms with Gasteiger partial charge in [0.15, 0.2) is 9.84 Å². The molecule has 1 atom stereocenters. The number of sulfone groups is 1. The van der Waals surface area contributed by atoms with Gasteiger partial charge in [0.25, 0.3) is 0 Å². The highest BCUT2D eigenvalue weighted by Crippen LogP contribution is 2.19. The van der Waals surface area contributed by atoms with Gasteiger partial charge >= 0.3 is 0 Å². The van der Waals surface area contributed by atoms with E-state index in [0.29, 0.717) is 12.3 Å². The quantitative estimate of drug-likeness (QED) is 0.476. The summed E-state index contributed by atoms with van der Waals surface area (Å²) < 4.78 is 22.3. The van der Waals surface area contributed by atoms with E-state index in [1.807, 2.05) is 0 Å². The topological polar surface area (TPSA) is 46.5 Å². The van der Waals surface area contributed by atoms with Gasteiger partial charge in [-0.1, -0.05) is 0 Å². The summed E-state index contributed by atoms with van der Waals surface area (Å²) in [5, 5.41) is 1.88. The number of hydrogen-bond acceptors (Lipinski definition) is 4. The van der Waals surface area contributed by atoms with Crippen molar-refractivity contribution >= 4 is 27.2 Å². The highest BCUT2D eigenvalue weighted by atomic mass is 32.2. The van der Waals surface area contributed by atoms with E-state index in [2.05, 4.69) is 22.4 Å². The standard InChI is InChI=1S/C6H9NO2S2/c8-11(9)3-1-2-6(11)4-7-5-10/h6H,1-4H2. The molecule has 0 aliphatic carbocycles. The molecule has 11 heavy (non-hydrogen) atoms. The van der Waals surface area contributed by atoms with Crippen molar-refractivity contribution in [3.63, 3.8) is 0 Å². The van der Waals surface area contributed by atoms with Crippen LogP contribution in [-0.2, 0) is 9.84 Å². The van der Waals surface area contributed by atoms with Crippen molar-refractivity contribution in [2.45, 2.75) is 18.1 Å². The second-order valence-electron chi connectivity index (χ2n) is 2.56. The van der Waals surface area contributed by atoms with Gasteiger partial charge in [-0.2, -0.15) is 0 Å². The molecule has 0 aromatic carbocycles. The van der Waals surface area contributed by atoms with Crippen molar-refractivity contribution in [3.05, 3.63) is 0 Å². The van der Waals surface area contributed by atoms with E-state index in [1.54, 1.807) is 0 Å². The fraction of sp³-hybridized carbons (Fsp3) is 0.833. The van der Waals surface area contributed by atoms with E-state index in [-0.39, 0.29) is 5.25 Å². The van der Waals surface area contributed by atoms with E-state index in [9.17, 15) is 8.42 Å². The minimum absolute atomic E-state index is 0.294. The molecule has 1 aliphatic rings. The molecule has 0 spiro atoms. The van der Waals surface area contributed by atoms with E-state index < -0.39 is 9.84 Å². The summed E-state index contributed by atoms with van der Waals surface area (Å²) in [6.45, 7) is 0.297. The Labute approximate surface area is 71.4 Å². The third-order valence-corrected chi connectivity index (χ3v) is 4.21. The summed E-state index contributed by atoms with van der Waals surface area (Å²) in [6, 6.07) is 0. The first-order valence-corrected chi connectivity index (χ1v) is 5.54. The summed E-state index contributed by atoms with van der Waals surface area (Å²) in [6.07, 6.45) is 1.49. The van der Waals surface area contributed by atoms with Crippen LogP contribution in [0.2, 0.25) is 0 Å². The number of thiocarbonyl (C=S) groups is 1. The molecule has 0 N–H and O–H groups in total. The number of isothiocyanates is 1. The number of hydrogen-bond donors (Lipinski definition) is 0. The molecular weight excluding hydrogens is 182 g/mol. The molecule has 3 nitrogen and oxygen atoms in total. The smallest absolute Gasteiger partial charge is 0.155 e. The Hall–Kier alpha value is -0.250. The summed E-state index contributed by atoms with van der Waals surface area (Å²) >= 11 is 4.35. The maximum absolute atomic E-state index is 11.1. The molecule has 1 aliphatic heterocycles. The lowest BCUT2D eigenvalue weighted by molar-refractivity contribution is 0.590. The van der Waals surface area contributed by atoms with Crippen molar-refractivity contribution in [3.8, 4) is 0 Å². The third-order valence-electron chi connectivity index (χ3n) is 1.82. The molecular formula is C6H9NO2S2. The van der Waals surface area contributed by atoms with Crippen molar-refractivity contribution in [1.82, 2.24) is 0 Å². The van der Waals surface area contributed by atoms with Gasteiger partial charge in [0.1, 0.15) is 0 Å². The van der Waals surface area contributed by atoms with Crippen LogP contribution in [0.1, 0.15) is 12.8 Å². The van der Waals surface area contributed by atoms with Crippen molar-refractivity contribution in [2.75, 3.05) is 12.3 Å². The van der Waals surface area contributed by atoms with E-state index in [1.165, 1.54) is 0 Å². The third kappa shape index (κ3) is 2.09. The predicted octanol–water partition coefficient (Wildman–Crippen LogP) is 0.666. The zero-order valence-electron chi connectivity index (χ0n) is 5.99. The van der Waals surface area contributed by atoms with Crippen LogP contribution >= 0.6 is 12.2 Å². The molecule has 0 aromatic rings. The van der Waals surface area contributed by atoms with Crippen LogP contribution in [0.3, 0.4) is 0 Å². The Morgan fingerprint density at radius 1 is 1.64 bits per heavy atom. The van der Waals surface area contributed by atoms with Gasteiger partial charge in [-0.3, -0.25) is 0 Å². The highest BCUT2D eigenvalue weighted by molar-refractivity contribution is 7.92. The van der Waals surface area contributed by atoms with Crippen molar-refractivity contribution < 1.29 is 8.42 Å². The maximum atomic E-state index is 11.1. The normalized spacial score (nSPS) is 27.8. The first-order valence-electron chi connectivity index (χ1n) is 3.42. The Bertz CT molecular complexity index is 277. The molecule has 0 bridgehead atoms. The average molecular weight is 191 g/mol. The van der Waals surface area contributed by atoms with Crippen LogP contribution in [0.15, 0.2) is 4.99 Å². The molecule has 1 rings (SSSR count). The minimum atomic E-state index is -2.84. The van der Waals surface area contributed by atoms with Crippen LogP contribution in [-0.4, -0.2) is 31.1 Å². The van der Waals surface area contributed by atoms with Gasteiger partial charge in [0.05, 0.1) is 22.7 Å². The molecule has 1 saturated heterocycles. The Balaban J connectivity index is 2.66. The molecule has 0 radical (unpaired) electrons. The molecule has 62 valence electrons. The molecule has 0 amide bonds. The van der Waals surface area contributed by atoms with E-state index >= 15 is 0 Å². The zero-order chi connectivity index (χ0) is 8.32. The molecule has 1 fully saturated rings. The van der Waals surface area contributed by atoms with Gasteiger partial charge < -0.3 is 0 Å². The van der Waals surface area contributed by atoms with E-state index in [0.717, 1.165) is 12.8 Å². The average Bonchev–Trinajstić information content (AvgIpc) is 2.25.